The van der Waals surface area contributed by atoms with E-state index in [0.717, 1.165) is 5.56 Å². The average molecular weight is 246 g/mol. The molecule has 0 atom stereocenters. The maximum atomic E-state index is 10.9. The van der Waals surface area contributed by atoms with Crippen LogP contribution in [-0.4, -0.2) is 11.8 Å². The van der Waals surface area contributed by atoms with Crippen molar-refractivity contribution in [2.75, 3.05) is 5.88 Å². The lowest BCUT2D eigenvalue weighted by Crippen LogP contribution is -2.23. The molecule has 0 aliphatic carbocycles. The first-order valence-corrected chi connectivity index (χ1v) is 6.25. The standard InChI is InChI=1S/C11H16ClNOS/c1-11(2,3)9-4-8(7-15-9)6-13-10(14)5-12/h4,7H,5-6H2,1-3H3,(H,13,14). The Morgan fingerprint density at radius 2 is 2.20 bits per heavy atom. The first kappa shape index (κ1) is 12.5. The van der Waals surface area contributed by atoms with Crippen LogP contribution < -0.4 is 5.32 Å². The summed E-state index contributed by atoms with van der Waals surface area (Å²) >= 11 is 7.12. The molecule has 1 N–H and O–H groups in total. The smallest absolute Gasteiger partial charge is 0.235 e. The summed E-state index contributed by atoms with van der Waals surface area (Å²) in [5, 5.41) is 4.83. The van der Waals surface area contributed by atoms with Gasteiger partial charge >= 0.3 is 0 Å². The minimum Gasteiger partial charge on any atom is -0.351 e. The van der Waals surface area contributed by atoms with Gasteiger partial charge in [0.05, 0.1) is 0 Å². The van der Waals surface area contributed by atoms with E-state index in [-0.39, 0.29) is 17.2 Å². The van der Waals surface area contributed by atoms with Gasteiger partial charge < -0.3 is 5.32 Å². The molecule has 0 radical (unpaired) electrons. The zero-order chi connectivity index (χ0) is 11.5. The summed E-state index contributed by atoms with van der Waals surface area (Å²) in [4.78, 5) is 12.3. The molecule has 0 spiro atoms. The van der Waals surface area contributed by atoms with Crippen LogP contribution in [0, 0.1) is 0 Å². The van der Waals surface area contributed by atoms with Crippen LogP contribution in [0.1, 0.15) is 31.2 Å². The zero-order valence-corrected chi connectivity index (χ0v) is 10.8. The summed E-state index contributed by atoms with van der Waals surface area (Å²) in [6.07, 6.45) is 0. The van der Waals surface area contributed by atoms with Crippen molar-refractivity contribution in [1.82, 2.24) is 5.32 Å². The Morgan fingerprint density at radius 3 is 2.67 bits per heavy atom. The van der Waals surface area contributed by atoms with Crippen LogP contribution in [0.2, 0.25) is 0 Å². The minimum absolute atomic E-state index is 0.0241. The lowest BCUT2D eigenvalue weighted by Gasteiger charge is -2.15. The van der Waals surface area contributed by atoms with Gasteiger partial charge in [0.1, 0.15) is 5.88 Å². The van der Waals surface area contributed by atoms with Crippen LogP contribution in [0.15, 0.2) is 11.4 Å². The second-order valence-corrected chi connectivity index (χ2v) is 5.66. The lowest BCUT2D eigenvalue weighted by atomic mass is 9.94. The third kappa shape index (κ3) is 3.84. The quantitative estimate of drug-likeness (QED) is 0.816. The van der Waals surface area contributed by atoms with Crippen LogP contribution in [-0.2, 0) is 16.8 Å². The van der Waals surface area contributed by atoms with Crippen LogP contribution in [0.5, 0.6) is 0 Å². The normalized spacial score (nSPS) is 11.5. The van der Waals surface area contributed by atoms with E-state index in [1.807, 2.05) is 0 Å². The third-order valence-electron chi connectivity index (χ3n) is 2.00. The molecular weight excluding hydrogens is 230 g/mol. The SMILES string of the molecule is CC(C)(C)c1cc(CNC(=O)CCl)cs1. The number of carbonyl (C=O) groups excluding carboxylic acids is 1. The van der Waals surface area contributed by atoms with E-state index < -0.39 is 0 Å². The van der Waals surface area contributed by atoms with Crippen LogP contribution >= 0.6 is 22.9 Å². The number of rotatable bonds is 3. The van der Waals surface area contributed by atoms with E-state index in [1.54, 1.807) is 11.3 Å². The molecule has 0 aromatic carbocycles. The first-order valence-electron chi connectivity index (χ1n) is 4.84. The van der Waals surface area contributed by atoms with Crippen molar-refractivity contribution in [3.05, 3.63) is 21.9 Å². The predicted molar refractivity (Wildman–Crippen MR) is 65.6 cm³/mol. The molecule has 1 heterocycles. The molecule has 0 aliphatic rings. The summed E-state index contributed by atoms with van der Waals surface area (Å²) < 4.78 is 0. The van der Waals surface area contributed by atoms with Crippen molar-refractivity contribution in [1.29, 1.82) is 0 Å². The van der Waals surface area contributed by atoms with Gasteiger partial charge in [0.25, 0.3) is 0 Å². The summed E-state index contributed by atoms with van der Waals surface area (Å²) in [5.74, 6) is -0.101. The van der Waals surface area contributed by atoms with E-state index in [1.165, 1.54) is 4.88 Å². The number of amides is 1. The van der Waals surface area contributed by atoms with E-state index in [9.17, 15) is 4.79 Å². The molecule has 1 amide bonds. The number of alkyl halides is 1. The van der Waals surface area contributed by atoms with Gasteiger partial charge in [-0.2, -0.15) is 0 Å². The molecule has 2 nitrogen and oxygen atoms in total. The molecule has 0 unspecified atom stereocenters. The van der Waals surface area contributed by atoms with Crippen molar-refractivity contribution in [2.45, 2.75) is 32.7 Å². The second kappa shape index (κ2) is 4.99. The van der Waals surface area contributed by atoms with E-state index >= 15 is 0 Å². The van der Waals surface area contributed by atoms with Crippen LogP contribution in [0.25, 0.3) is 0 Å². The molecule has 15 heavy (non-hydrogen) atoms. The Balaban J connectivity index is 2.58. The third-order valence-corrected chi connectivity index (χ3v) is 3.65. The van der Waals surface area contributed by atoms with Gasteiger partial charge in [0.2, 0.25) is 5.91 Å². The molecule has 0 fully saturated rings. The number of thiophene rings is 1. The highest BCUT2D eigenvalue weighted by atomic mass is 35.5. The van der Waals surface area contributed by atoms with Gasteiger partial charge in [-0.25, -0.2) is 0 Å². The molecule has 0 saturated carbocycles. The van der Waals surface area contributed by atoms with Gasteiger partial charge in [-0.3, -0.25) is 4.79 Å². The Labute approximate surface area is 99.6 Å². The largest absolute Gasteiger partial charge is 0.351 e. The molecule has 1 aromatic rings. The molecule has 84 valence electrons. The topological polar surface area (TPSA) is 29.1 Å². The highest BCUT2D eigenvalue weighted by Gasteiger charge is 2.15. The summed E-state index contributed by atoms with van der Waals surface area (Å²) in [7, 11) is 0. The number of nitrogens with one attached hydrogen (secondary N) is 1. The van der Waals surface area contributed by atoms with Gasteiger partial charge in [-0.1, -0.05) is 20.8 Å². The van der Waals surface area contributed by atoms with Crippen molar-refractivity contribution in [3.8, 4) is 0 Å². The van der Waals surface area contributed by atoms with Crippen molar-refractivity contribution >= 4 is 28.8 Å². The van der Waals surface area contributed by atoms with Gasteiger partial charge in [-0.15, -0.1) is 22.9 Å². The maximum absolute atomic E-state index is 10.9. The van der Waals surface area contributed by atoms with Gasteiger partial charge in [-0.05, 0) is 22.4 Å². The number of halogens is 1. The predicted octanol–water partition coefficient (Wildman–Crippen LogP) is 2.90. The summed E-state index contributed by atoms with van der Waals surface area (Å²) in [6.45, 7) is 7.11. The monoisotopic (exact) mass is 245 g/mol. The minimum atomic E-state index is -0.125. The molecule has 0 saturated heterocycles. The highest BCUT2D eigenvalue weighted by molar-refractivity contribution is 7.10. The molecule has 1 aromatic heterocycles. The molecule has 4 heteroatoms. The van der Waals surface area contributed by atoms with Gasteiger partial charge in [0.15, 0.2) is 0 Å². The molecule has 0 bridgehead atoms. The fourth-order valence-corrected chi connectivity index (χ4v) is 2.21. The number of hydrogen-bond acceptors (Lipinski definition) is 2. The van der Waals surface area contributed by atoms with E-state index in [2.05, 4.69) is 37.5 Å². The van der Waals surface area contributed by atoms with Crippen molar-refractivity contribution in [2.24, 2.45) is 0 Å². The lowest BCUT2D eigenvalue weighted by molar-refractivity contribution is -0.118. The van der Waals surface area contributed by atoms with Gasteiger partial charge in [0, 0.05) is 11.4 Å². The zero-order valence-electron chi connectivity index (χ0n) is 9.26. The van der Waals surface area contributed by atoms with Crippen molar-refractivity contribution in [3.63, 3.8) is 0 Å². The van der Waals surface area contributed by atoms with E-state index in [0.29, 0.717) is 6.54 Å². The maximum Gasteiger partial charge on any atom is 0.235 e. The molecular formula is C11H16ClNOS. The van der Waals surface area contributed by atoms with E-state index in [4.69, 9.17) is 11.6 Å². The van der Waals surface area contributed by atoms with Crippen LogP contribution in [0.4, 0.5) is 0 Å². The van der Waals surface area contributed by atoms with Crippen LogP contribution in [0.3, 0.4) is 0 Å². The Morgan fingerprint density at radius 1 is 1.53 bits per heavy atom. The second-order valence-electron chi connectivity index (χ2n) is 4.48. The molecule has 0 aliphatic heterocycles. The summed E-state index contributed by atoms with van der Waals surface area (Å²) in [6, 6.07) is 2.14. The number of hydrogen-bond donors (Lipinski definition) is 1. The fourth-order valence-electron chi connectivity index (χ4n) is 1.11. The Kier molecular flexibility index (Phi) is 4.17. The van der Waals surface area contributed by atoms with Crippen molar-refractivity contribution < 1.29 is 4.79 Å². The number of carbonyl (C=O) groups is 1. The summed E-state index contributed by atoms with van der Waals surface area (Å²) in [5.41, 5.74) is 1.32. The molecule has 1 rings (SSSR count). The fraction of sp³-hybridized carbons (Fsp3) is 0.545. The average Bonchev–Trinajstić information content (AvgIpc) is 2.61. The Bertz CT molecular complexity index is 341. The highest BCUT2D eigenvalue weighted by Crippen LogP contribution is 2.28. The Hall–Kier alpha value is -0.540. The first-order chi connectivity index (χ1) is 6.93.